The first kappa shape index (κ1) is 16.4. The molecule has 0 aromatic heterocycles. The molecule has 17 heavy (non-hydrogen) atoms. The Labute approximate surface area is 102 Å². The maximum Gasteiger partial charge on any atom is 0.306 e. The Hall–Kier alpha value is -0.630. The third-order valence-electron chi connectivity index (χ3n) is 2.41. The van der Waals surface area contributed by atoms with Gasteiger partial charge in [0, 0.05) is 5.75 Å². The van der Waals surface area contributed by atoms with Gasteiger partial charge < -0.3 is 4.74 Å². The van der Waals surface area contributed by atoms with Crippen molar-refractivity contribution in [3.63, 3.8) is 0 Å². The average Bonchev–Trinajstić information content (AvgIpc) is 2.26. The SMILES string of the molecule is CCS(=O)(=O)CCS(=O)(=O)C(C)CC(=O)OC. The fraction of sp³-hybridized carbons (Fsp3) is 0.889. The van der Waals surface area contributed by atoms with Crippen LogP contribution in [0.3, 0.4) is 0 Å². The lowest BCUT2D eigenvalue weighted by atomic mass is 10.3. The van der Waals surface area contributed by atoms with Crippen LogP contribution in [0.15, 0.2) is 0 Å². The van der Waals surface area contributed by atoms with Crippen LogP contribution in [-0.4, -0.2) is 52.4 Å². The summed E-state index contributed by atoms with van der Waals surface area (Å²) in [6.07, 6.45) is -0.259. The zero-order chi connectivity index (χ0) is 13.7. The summed E-state index contributed by atoms with van der Waals surface area (Å²) < 4.78 is 50.1. The molecule has 0 fully saturated rings. The van der Waals surface area contributed by atoms with Gasteiger partial charge in [0.15, 0.2) is 19.7 Å². The van der Waals surface area contributed by atoms with E-state index in [4.69, 9.17) is 0 Å². The molecule has 0 aliphatic heterocycles. The second-order valence-electron chi connectivity index (χ2n) is 3.69. The molecule has 0 rings (SSSR count). The Balaban J connectivity index is 4.54. The van der Waals surface area contributed by atoms with Crippen molar-refractivity contribution in [2.75, 3.05) is 24.4 Å². The summed E-state index contributed by atoms with van der Waals surface area (Å²) in [6, 6.07) is 0. The lowest BCUT2D eigenvalue weighted by molar-refractivity contribution is -0.140. The lowest BCUT2D eigenvalue weighted by Gasteiger charge is -2.11. The number of carbonyl (C=O) groups is 1. The van der Waals surface area contributed by atoms with Crippen LogP contribution in [0.2, 0.25) is 0 Å². The highest BCUT2D eigenvalue weighted by Crippen LogP contribution is 2.08. The van der Waals surface area contributed by atoms with Gasteiger partial charge in [-0.3, -0.25) is 4.79 Å². The number of sulfone groups is 2. The predicted molar refractivity (Wildman–Crippen MR) is 64.2 cm³/mol. The first-order chi connectivity index (χ1) is 7.64. The zero-order valence-electron chi connectivity index (χ0n) is 10.2. The first-order valence-corrected chi connectivity index (χ1v) is 8.67. The minimum Gasteiger partial charge on any atom is -0.469 e. The Morgan fingerprint density at radius 2 is 1.71 bits per heavy atom. The molecule has 0 heterocycles. The molecule has 0 radical (unpaired) electrons. The van der Waals surface area contributed by atoms with Crippen molar-refractivity contribution in [3.05, 3.63) is 0 Å². The van der Waals surface area contributed by atoms with Crippen molar-refractivity contribution >= 4 is 25.6 Å². The number of hydrogen-bond acceptors (Lipinski definition) is 6. The van der Waals surface area contributed by atoms with Gasteiger partial charge in [0.05, 0.1) is 30.3 Å². The first-order valence-electron chi connectivity index (χ1n) is 5.13. The van der Waals surface area contributed by atoms with Gasteiger partial charge in [-0.15, -0.1) is 0 Å². The fourth-order valence-electron chi connectivity index (χ4n) is 1.03. The Kier molecular flexibility index (Phi) is 6.11. The molecule has 0 spiro atoms. The van der Waals surface area contributed by atoms with Crippen LogP contribution in [0.25, 0.3) is 0 Å². The summed E-state index contributed by atoms with van der Waals surface area (Å²) in [5, 5.41) is -0.929. The second-order valence-corrected chi connectivity index (χ2v) is 8.71. The molecule has 0 aliphatic rings. The van der Waals surface area contributed by atoms with Gasteiger partial charge in [0.1, 0.15) is 0 Å². The summed E-state index contributed by atoms with van der Waals surface area (Å²) >= 11 is 0. The van der Waals surface area contributed by atoms with Crippen LogP contribution in [-0.2, 0) is 29.2 Å². The minimum atomic E-state index is -3.59. The molecule has 0 saturated heterocycles. The van der Waals surface area contributed by atoms with E-state index in [1.54, 1.807) is 0 Å². The number of rotatable bonds is 7. The van der Waals surface area contributed by atoms with Gasteiger partial charge in [-0.2, -0.15) is 0 Å². The van der Waals surface area contributed by atoms with Gasteiger partial charge in [-0.05, 0) is 6.92 Å². The highest BCUT2D eigenvalue weighted by atomic mass is 32.2. The van der Waals surface area contributed by atoms with Crippen molar-refractivity contribution in [3.8, 4) is 0 Å². The fourth-order valence-corrected chi connectivity index (χ4v) is 4.06. The molecule has 0 saturated carbocycles. The van der Waals surface area contributed by atoms with Crippen LogP contribution < -0.4 is 0 Å². The number of ether oxygens (including phenoxy) is 1. The molecule has 102 valence electrons. The van der Waals surface area contributed by atoms with E-state index in [0.717, 1.165) is 0 Å². The van der Waals surface area contributed by atoms with Crippen molar-refractivity contribution < 1.29 is 26.4 Å². The summed E-state index contributed by atoms with van der Waals surface area (Å²) in [7, 11) is -5.73. The van der Waals surface area contributed by atoms with Crippen molar-refractivity contribution in [1.29, 1.82) is 0 Å². The van der Waals surface area contributed by atoms with Crippen molar-refractivity contribution in [2.45, 2.75) is 25.5 Å². The van der Waals surface area contributed by atoms with E-state index in [1.807, 2.05) is 0 Å². The Morgan fingerprint density at radius 1 is 1.18 bits per heavy atom. The number of methoxy groups -OCH3 is 1. The van der Waals surface area contributed by atoms with Crippen LogP contribution in [0.1, 0.15) is 20.3 Å². The molecule has 1 atom stereocenters. The molecule has 0 aromatic rings. The number of esters is 1. The maximum absolute atomic E-state index is 11.7. The second kappa shape index (κ2) is 6.34. The molecule has 6 nitrogen and oxygen atoms in total. The quantitative estimate of drug-likeness (QED) is 0.601. The predicted octanol–water partition coefficient (Wildman–Crippen LogP) is -0.212. The van der Waals surface area contributed by atoms with Crippen LogP contribution in [0.4, 0.5) is 0 Å². The molecule has 0 aliphatic carbocycles. The lowest BCUT2D eigenvalue weighted by Crippen LogP contribution is -2.28. The molecule has 1 unspecified atom stereocenters. The van der Waals surface area contributed by atoms with E-state index >= 15 is 0 Å². The highest BCUT2D eigenvalue weighted by Gasteiger charge is 2.25. The topological polar surface area (TPSA) is 94.6 Å². The summed E-state index contributed by atoms with van der Waals surface area (Å²) in [4.78, 5) is 10.9. The van der Waals surface area contributed by atoms with E-state index in [9.17, 15) is 21.6 Å². The number of hydrogen-bond donors (Lipinski definition) is 0. The Morgan fingerprint density at radius 3 is 2.12 bits per heavy atom. The van der Waals surface area contributed by atoms with E-state index in [2.05, 4.69) is 4.74 Å². The zero-order valence-corrected chi connectivity index (χ0v) is 11.8. The van der Waals surface area contributed by atoms with Gasteiger partial charge >= 0.3 is 5.97 Å². The third kappa shape index (κ3) is 6.02. The van der Waals surface area contributed by atoms with Gasteiger partial charge in [0.25, 0.3) is 0 Å². The molecule has 8 heteroatoms. The molecular formula is C9H18O6S2. The molecule has 0 amide bonds. The Bertz CT molecular complexity index is 448. The van der Waals surface area contributed by atoms with Crippen LogP contribution >= 0.6 is 0 Å². The summed E-state index contributed by atoms with van der Waals surface area (Å²) in [5.41, 5.74) is 0. The summed E-state index contributed by atoms with van der Waals surface area (Å²) in [6.45, 7) is 2.82. The summed E-state index contributed by atoms with van der Waals surface area (Å²) in [5.74, 6) is -1.58. The maximum atomic E-state index is 11.7. The average molecular weight is 286 g/mol. The van der Waals surface area contributed by atoms with Gasteiger partial charge in [0.2, 0.25) is 0 Å². The van der Waals surface area contributed by atoms with Gasteiger partial charge in [-0.25, -0.2) is 16.8 Å². The van der Waals surface area contributed by atoms with E-state index in [0.29, 0.717) is 0 Å². The van der Waals surface area contributed by atoms with E-state index < -0.39 is 42.4 Å². The standard InChI is InChI=1S/C9H18O6S2/c1-4-16(11,12)5-6-17(13,14)8(2)7-9(10)15-3/h8H,4-7H2,1-3H3. The molecule has 0 N–H and O–H groups in total. The minimum absolute atomic E-state index is 0.0894. The van der Waals surface area contributed by atoms with Crippen molar-refractivity contribution in [2.24, 2.45) is 0 Å². The normalized spacial score (nSPS) is 14.3. The molecular weight excluding hydrogens is 268 g/mol. The van der Waals surface area contributed by atoms with Crippen molar-refractivity contribution in [1.82, 2.24) is 0 Å². The smallest absolute Gasteiger partial charge is 0.306 e. The monoisotopic (exact) mass is 286 g/mol. The molecule has 0 bridgehead atoms. The van der Waals surface area contributed by atoms with E-state index in [-0.39, 0.29) is 12.2 Å². The highest BCUT2D eigenvalue weighted by molar-refractivity contribution is 7.95. The van der Waals surface area contributed by atoms with E-state index in [1.165, 1.54) is 21.0 Å². The van der Waals surface area contributed by atoms with Crippen LogP contribution in [0, 0.1) is 0 Å². The van der Waals surface area contributed by atoms with Gasteiger partial charge in [-0.1, -0.05) is 6.92 Å². The largest absolute Gasteiger partial charge is 0.469 e. The number of carbonyl (C=O) groups excluding carboxylic acids is 1. The third-order valence-corrected chi connectivity index (χ3v) is 6.54. The van der Waals surface area contributed by atoms with Crippen LogP contribution in [0.5, 0.6) is 0 Å². The molecule has 0 aromatic carbocycles.